The molecule has 0 atom stereocenters. The number of nitrogens with zero attached hydrogens (tertiary/aromatic N) is 4. The van der Waals surface area contributed by atoms with Crippen LogP contribution in [0.25, 0.3) is 10.9 Å². The first-order chi connectivity index (χ1) is 11.9. The number of likely N-dealkylation sites (N-methyl/N-ethyl adjacent to an activating group) is 2. The van der Waals surface area contributed by atoms with Gasteiger partial charge in [0.25, 0.3) is 5.56 Å². The predicted octanol–water partition coefficient (Wildman–Crippen LogP) is 1.73. The quantitative estimate of drug-likeness (QED) is 0.802. The lowest BCUT2D eigenvalue weighted by Crippen LogP contribution is -2.57. The molecule has 6 heteroatoms. The van der Waals surface area contributed by atoms with E-state index in [2.05, 4.69) is 24.0 Å². The van der Waals surface area contributed by atoms with Gasteiger partial charge in [-0.3, -0.25) is 14.2 Å². The van der Waals surface area contributed by atoms with Crippen LogP contribution in [0.15, 0.2) is 35.4 Å². The molecule has 0 spiro atoms. The Balaban J connectivity index is 1.64. The van der Waals surface area contributed by atoms with Gasteiger partial charge in [-0.1, -0.05) is 12.1 Å². The van der Waals surface area contributed by atoms with Crippen LogP contribution in [0.4, 0.5) is 0 Å². The number of aryl methyl sites for hydroxylation is 1. The molecule has 1 heterocycles. The Morgan fingerprint density at radius 1 is 1.24 bits per heavy atom. The minimum atomic E-state index is -0.0928. The van der Waals surface area contributed by atoms with Crippen molar-refractivity contribution in [1.29, 1.82) is 0 Å². The lowest BCUT2D eigenvalue weighted by atomic mass is 9.75. The molecule has 1 aromatic carbocycles. The molecule has 0 unspecified atom stereocenters. The molecule has 0 saturated heterocycles. The number of hydrogen-bond acceptors (Lipinski definition) is 4. The SMILES string of the molecule is CN(CC1(N(C)C)CCC1)C(=O)CCn1cnc2ccccc2c1=O. The lowest BCUT2D eigenvalue weighted by molar-refractivity contribution is -0.132. The first-order valence-corrected chi connectivity index (χ1v) is 8.78. The Labute approximate surface area is 148 Å². The van der Waals surface area contributed by atoms with E-state index in [9.17, 15) is 9.59 Å². The van der Waals surface area contributed by atoms with Gasteiger partial charge in [-0.2, -0.15) is 0 Å². The second-order valence-electron chi connectivity index (χ2n) is 7.23. The number of hydrogen-bond donors (Lipinski definition) is 0. The van der Waals surface area contributed by atoms with E-state index >= 15 is 0 Å². The van der Waals surface area contributed by atoms with E-state index in [0.717, 1.165) is 19.4 Å². The number of carbonyl (C=O) groups is 1. The van der Waals surface area contributed by atoms with Gasteiger partial charge in [0.2, 0.25) is 5.91 Å². The van der Waals surface area contributed by atoms with Gasteiger partial charge in [-0.25, -0.2) is 4.98 Å². The Hall–Kier alpha value is -2.21. The predicted molar refractivity (Wildman–Crippen MR) is 98.5 cm³/mol. The summed E-state index contributed by atoms with van der Waals surface area (Å²) in [5, 5.41) is 0.590. The first-order valence-electron chi connectivity index (χ1n) is 8.78. The van der Waals surface area contributed by atoms with Crippen LogP contribution in [-0.2, 0) is 11.3 Å². The van der Waals surface area contributed by atoms with Crippen molar-refractivity contribution in [3.63, 3.8) is 0 Å². The highest BCUT2D eigenvalue weighted by Crippen LogP contribution is 2.36. The second kappa shape index (κ2) is 6.96. The zero-order valence-electron chi connectivity index (χ0n) is 15.2. The minimum absolute atomic E-state index is 0.0631. The molecular formula is C19H26N4O2. The highest BCUT2D eigenvalue weighted by Gasteiger charge is 2.40. The monoisotopic (exact) mass is 342 g/mol. The maximum atomic E-state index is 12.5. The standard InChI is InChI=1S/C19H26N4O2/c1-21(2)19(10-6-11-19)13-22(3)17(24)9-12-23-14-20-16-8-5-4-7-15(16)18(23)25/h4-5,7-8,14H,6,9-13H2,1-3H3. The molecule has 0 N–H and O–H groups in total. The fraction of sp³-hybridized carbons (Fsp3) is 0.526. The molecule has 1 amide bonds. The summed E-state index contributed by atoms with van der Waals surface area (Å²) in [6, 6.07) is 7.28. The first kappa shape index (κ1) is 17.6. The maximum absolute atomic E-state index is 12.5. The third-order valence-corrected chi connectivity index (χ3v) is 5.49. The van der Waals surface area contributed by atoms with Crippen LogP contribution in [0.1, 0.15) is 25.7 Å². The summed E-state index contributed by atoms with van der Waals surface area (Å²) in [6.45, 7) is 1.10. The van der Waals surface area contributed by atoms with Crippen LogP contribution in [-0.4, -0.2) is 58.5 Å². The number of fused-ring (bicyclic) bond motifs is 1. The summed E-state index contributed by atoms with van der Waals surface area (Å²) in [5.74, 6) is 0.0631. The molecule has 1 aliphatic carbocycles. The van der Waals surface area contributed by atoms with Crippen molar-refractivity contribution in [1.82, 2.24) is 19.4 Å². The molecular weight excluding hydrogens is 316 g/mol. The van der Waals surface area contributed by atoms with E-state index in [0.29, 0.717) is 23.9 Å². The van der Waals surface area contributed by atoms with Crippen LogP contribution < -0.4 is 5.56 Å². The van der Waals surface area contributed by atoms with E-state index in [1.807, 2.05) is 25.2 Å². The van der Waals surface area contributed by atoms with Gasteiger partial charge >= 0.3 is 0 Å². The summed E-state index contributed by atoms with van der Waals surface area (Å²) >= 11 is 0. The van der Waals surface area contributed by atoms with Crippen molar-refractivity contribution >= 4 is 16.8 Å². The molecule has 3 rings (SSSR count). The summed E-state index contributed by atoms with van der Waals surface area (Å²) < 4.78 is 1.53. The third kappa shape index (κ3) is 3.44. The van der Waals surface area contributed by atoms with Gasteiger partial charge in [-0.15, -0.1) is 0 Å². The number of rotatable bonds is 6. The van der Waals surface area contributed by atoms with Crippen LogP contribution in [0.2, 0.25) is 0 Å². The van der Waals surface area contributed by atoms with Crippen LogP contribution >= 0.6 is 0 Å². The Kier molecular flexibility index (Phi) is 4.90. The van der Waals surface area contributed by atoms with Crippen molar-refractivity contribution < 1.29 is 4.79 Å². The van der Waals surface area contributed by atoms with Gasteiger partial charge < -0.3 is 9.80 Å². The van der Waals surface area contributed by atoms with Gasteiger partial charge in [0.15, 0.2) is 0 Å². The Morgan fingerprint density at radius 2 is 1.96 bits per heavy atom. The lowest BCUT2D eigenvalue weighted by Gasteiger charge is -2.49. The molecule has 2 aromatic rings. The minimum Gasteiger partial charge on any atom is -0.344 e. The topological polar surface area (TPSA) is 58.4 Å². The molecule has 0 aliphatic heterocycles. The molecule has 1 fully saturated rings. The molecule has 1 aliphatic rings. The smallest absolute Gasteiger partial charge is 0.261 e. The summed E-state index contributed by atoms with van der Waals surface area (Å²) in [5.41, 5.74) is 0.709. The Morgan fingerprint density at radius 3 is 2.60 bits per heavy atom. The van der Waals surface area contributed by atoms with Crippen LogP contribution in [0.3, 0.4) is 0 Å². The number of carbonyl (C=O) groups excluding carboxylic acids is 1. The average Bonchev–Trinajstić information content (AvgIpc) is 2.57. The van der Waals surface area contributed by atoms with Gasteiger partial charge in [-0.05, 0) is 45.5 Å². The molecule has 1 aromatic heterocycles. The number of aromatic nitrogens is 2. The van der Waals surface area contributed by atoms with E-state index in [1.165, 1.54) is 17.3 Å². The fourth-order valence-corrected chi connectivity index (χ4v) is 3.53. The highest BCUT2D eigenvalue weighted by molar-refractivity contribution is 5.77. The van der Waals surface area contributed by atoms with Gasteiger partial charge in [0.1, 0.15) is 0 Å². The third-order valence-electron chi connectivity index (χ3n) is 5.49. The van der Waals surface area contributed by atoms with Crippen molar-refractivity contribution in [3.8, 4) is 0 Å². The van der Waals surface area contributed by atoms with Crippen molar-refractivity contribution in [2.45, 2.75) is 37.8 Å². The maximum Gasteiger partial charge on any atom is 0.261 e. The van der Waals surface area contributed by atoms with Gasteiger partial charge in [0.05, 0.1) is 17.2 Å². The highest BCUT2D eigenvalue weighted by atomic mass is 16.2. The summed E-state index contributed by atoms with van der Waals surface area (Å²) in [7, 11) is 6.02. The molecule has 6 nitrogen and oxygen atoms in total. The normalized spacial score (nSPS) is 16.0. The van der Waals surface area contributed by atoms with Crippen LogP contribution in [0, 0.1) is 0 Å². The van der Waals surface area contributed by atoms with E-state index < -0.39 is 0 Å². The summed E-state index contributed by atoms with van der Waals surface area (Å²) in [4.78, 5) is 33.3. The van der Waals surface area contributed by atoms with E-state index in [-0.39, 0.29) is 17.0 Å². The molecule has 134 valence electrons. The number of benzene rings is 1. The largest absolute Gasteiger partial charge is 0.344 e. The van der Waals surface area contributed by atoms with Gasteiger partial charge in [0, 0.05) is 32.1 Å². The molecule has 1 saturated carbocycles. The molecule has 25 heavy (non-hydrogen) atoms. The van der Waals surface area contributed by atoms with Crippen molar-refractivity contribution in [2.75, 3.05) is 27.7 Å². The molecule has 0 bridgehead atoms. The average molecular weight is 342 g/mol. The number of amides is 1. The van der Waals surface area contributed by atoms with E-state index in [1.54, 1.807) is 11.0 Å². The van der Waals surface area contributed by atoms with Crippen molar-refractivity contribution in [3.05, 3.63) is 40.9 Å². The molecule has 0 radical (unpaired) electrons. The fourth-order valence-electron chi connectivity index (χ4n) is 3.53. The summed E-state index contributed by atoms with van der Waals surface area (Å²) in [6.07, 6.45) is 5.32. The zero-order valence-corrected chi connectivity index (χ0v) is 15.2. The zero-order chi connectivity index (χ0) is 18.0. The number of para-hydroxylation sites is 1. The van der Waals surface area contributed by atoms with Crippen molar-refractivity contribution in [2.24, 2.45) is 0 Å². The van der Waals surface area contributed by atoms with Crippen LogP contribution in [0.5, 0.6) is 0 Å². The Bertz CT molecular complexity index is 824. The second-order valence-corrected chi connectivity index (χ2v) is 7.23. The van der Waals surface area contributed by atoms with E-state index in [4.69, 9.17) is 0 Å².